The average Bonchev–Trinajstić information content (AvgIpc) is 2.47. The number of nitrogens with one attached hydrogen (secondary N) is 1. The maximum absolute atomic E-state index is 5.86. The molecule has 0 aliphatic heterocycles. The van der Waals surface area contributed by atoms with Crippen molar-refractivity contribution in [2.75, 3.05) is 0 Å². The summed E-state index contributed by atoms with van der Waals surface area (Å²) in [5, 5.41) is 9.26. The van der Waals surface area contributed by atoms with Crippen molar-refractivity contribution in [1.82, 2.24) is 15.4 Å². The van der Waals surface area contributed by atoms with E-state index in [1.165, 1.54) is 0 Å². The minimum atomic E-state index is -2.07. The Morgan fingerprint density at radius 1 is 0.875 bits per heavy atom. The van der Waals surface area contributed by atoms with Gasteiger partial charge in [-0.25, -0.2) is 0 Å². The molecule has 0 saturated heterocycles. The van der Waals surface area contributed by atoms with Crippen LogP contribution in [0.5, 0.6) is 0 Å². The fourth-order valence-corrected chi connectivity index (χ4v) is 1.71. The summed E-state index contributed by atoms with van der Waals surface area (Å²) in [6.45, 7) is 0. The third-order valence-electron chi connectivity index (χ3n) is 1.49. The van der Waals surface area contributed by atoms with Crippen molar-refractivity contribution < 1.29 is 0 Å². The van der Waals surface area contributed by atoms with E-state index in [0.29, 0.717) is 0 Å². The molecule has 0 amide bonds. The second-order valence-electron chi connectivity index (χ2n) is 2.61. The van der Waals surface area contributed by atoms with Gasteiger partial charge in [0, 0.05) is 0 Å². The van der Waals surface area contributed by atoms with Gasteiger partial charge in [0.25, 0.3) is 0 Å². The van der Waals surface area contributed by atoms with E-state index in [1.807, 2.05) is 0 Å². The molecule has 3 nitrogen and oxygen atoms in total. The summed E-state index contributed by atoms with van der Waals surface area (Å²) in [5.41, 5.74) is -0.246. The molecule has 0 fully saturated rings. The highest BCUT2D eigenvalue weighted by atomic mass is 35.6. The van der Waals surface area contributed by atoms with Crippen molar-refractivity contribution in [3.8, 4) is 0 Å². The summed E-state index contributed by atoms with van der Waals surface area (Å²) < 4.78 is -5.95. The molecule has 16 heavy (non-hydrogen) atoms. The van der Waals surface area contributed by atoms with Gasteiger partial charge in [0.05, 0.1) is 0 Å². The maximum atomic E-state index is 5.86. The molecule has 92 valence electrons. The zero-order valence-corrected chi connectivity index (χ0v) is 13.0. The predicted molar refractivity (Wildman–Crippen MR) is 69.3 cm³/mol. The van der Waals surface area contributed by atoms with Gasteiger partial charge >= 0.3 is 0 Å². The van der Waals surface area contributed by atoms with Crippen LogP contribution in [0, 0.1) is 0 Å². The van der Waals surface area contributed by atoms with Crippen LogP contribution in [0.4, 0.5) is 0 Å². The highest BCUT2D eigenvalue weighted by Crippen LogP contribution is 2.54. The summed E-state index contributed by atoms with van der Waals surface area (Å²) >= 11 is 45.4. The van der Waals surface area contributed by atoms with Crippen LogP contribution in [0.3, 0.4) is 0 Å². The van der Waals surface area contributed by atoms with Crippen molar-refractivity contribution >= 4 is 92.8 Å². The average molecular weight is 387 g/mol. The number of H-pyrrole nitrogens is 1. The van der Waals surface area contributed by atoms with E-state index >= 15 is 0 Å². The molecule has 11 heteroatoms. The van der Waals surface area contributed by atoms with Crippen molar-refractivity contribution in [2.24, 2.45) is 0 Å². The second kappa shape index (κ2) is 4.86. The Bertz CT molecular complexity index is 374. The van der Waals surface area contributed by atoms with E-state index in [-0.39, 0.29) is 11.4 Å². The fourth-order valence-electron chi connectivity index (χ4n) is 0.780. The minimum absolute atomic E-state index is 0.0752. The Hall–Kier alpha value is 1.46. The van der Waals surface area contributed by atoms with Crippen LogP contribution in [-0.4, -0.2) is 19.2 Å². The molecular formula is C5HCl8N3. The Kier molecular flexibility index (Phi) is 4.71. The van der Waals surface area contributed by atoms with Gasteiger partial charge in [-0.2, -0.15) is 0 Å². The van der Waals surface area contributed by atoms with E-state index in [0.717, 1.165) is 0 Å². The standard InChI is InChI=1S/C5HCl8N3/c6-3(7,5(11,12)13)1-2(4(8,9)10)15-16-14-1/h(H,14,15,16). The Morgan fingerprint density at radius 2 is 1.38 bits per heavy atom. The fraction of sp³-hybridized carbons (Fsp3) is 0.600. The van der Waals surface area contributed by atoms with Crippen molar-refractivity contribution in [1.29, 1.82) is 0 Å². The van der Waals surface area contributed by atoms with Crippen molar-refractivity contribution in [3.05, 3.63) is 11.4 Å². The summed E-state index contributed by atoms with van der Waals surface area (Å²) in [5.74, 6) is 0. The molecule has 1 aromatic heterocycles. The summed E-state index contributed by atoms with van der Waals surface area (Å²) in [6, 6.07) is 0. The topological polar surface area (TPSA) is 41.6 Å². The van der Waals surface area contributed by atoms with Crippen LogP contribution in [0.2, 0.25) is 0 Å². The van der Waals surface area contributed by atoms with Crippen LogP contribution in [0.15, 0.2) is 0 Å². The van der Waals surface area contributed by atoms with Crippen LogP contribution in [-0.2, 0) is 8.13 Å². The summed E-state index contributed by atoms with van der Waals surface area (Å²) in [4.78, 5) is 0. The van der Waals surface area contributed by atoms with Crippen molar-refractivity contribution in [3.63, 3.8) is 0 Å². The van der Waals surface area contributed by atoms with Gasteiger partial charge in [-0.1, -0.05) is 98.0 Å². The highest BCUT2D eigenvalue weighted by molar-refractivity contribution is 6.75. The lowest BCUT2D eigenvalue weighted by atomic mass is 10.2. The third kappa shape index (κ3) is 3.07. The highest BCUT2D eigenvalue weighted by Gasteiger charge is 2.52. The molecule has 1 heterocycles. The minimum Gasteiger partial charge on any atom is -0.257 e. The first-order valence-corrected chi connectivity index (χ1v) is 6.43. The maximum Gasteiger partial charge on any atom is 0.233 e. The zero-order chi connectivity index (χ0) is 12.8. The van der Waals surface area contributed by atoms with Crippen LogP contribution >= 0.6 is 92.8 Å². The second-order valence-corrected chi connectivity index (χ2v) is 8.50. The van der Waals surface area contributed by atoms with Gasteiger partial charge in [0.1, 0.15) is 11.4 Å². The van der Waals surface area contributed by atoms with E-state index in [9.17, 15) is 0 Å². The largest absolute Gasteiger partial charge is 0.257 e. The third-order valence-corrected chi connectivity index (χ3v) is 4.41. The van der Waals surface area contributed by atoms with Crippen LogP contribution in [0.1, 0.15) is 11.4 Å². The SMILES string of the molecule is ClC(Cl)(Cl)c1[nH]nnc1C(Cl)(Cl)C(Cl)(Cl)Cl. The molecule has 0 spiro atoms. The molecule has 0 aliphatic carbocycles. The quantitative estimate of drug-likeness (QED) is 0.715. The Labute approximate surface area is 131 Å². The molecule has 0 unspecified atom stereocenters. The van der Waals surface area contributed by atoms with E-state index in [2.05, 4.69) is 15.4 Å². The van der Waals surface area contributed by atoms with Crippen molar-refractivity contribution in [2.45, 2.75) is 11.9 Å². The molecule has 0 radical (unpaired) electrons. The predicted octanol–water partition coefficient (Wildman–Crippen LogP) is 4.63. The first-order chi connectivity index (χ1) is 6.98. The summed E-state index contributed by atoms with van der Waals surface area (Å²) in [6.07, 6.45) is 0. The van der Waals surface area contributed by atoms with E-state index in [1.54, 1.807) is 0 Å². The number of hydrogen-bond donors (Lipinski definition) is 1. The molecule has 0 aliphatic rings. The summed E-state index contributed by atoms with van der Waals surface area (Å²) in [7, 11) is 0. The van der Waals surface area contributed by atoms with Gasteiger partial charge in [-0.15, -0.1) is 5.10 Å². The Balaban J connectivity index is 3.31. The lowest BCUT2D eigenvalue weighted by Crippen LogP contribution is -2.31. The zero-order valence-electron chi connectivity index (χ0n) is 6.92. The molecule has 1 rings (SSSR count). The Morgan fingerprint density at radius 3 is 1.75 bits per heavy atom. The first-order valence-electron chi connectivity index (χ1n) is 3.41. The van der Waals surface area contributed by atoms with Gasteiger partial charge in [-0.05, 0) is 0 Å². The van der Waals surface area contributed by atoms with Gasteiger partial charge in [0.2, 0.25) is 11.9 Å². The lowest BCUT2D eigenvalue weighted by molar-refractivity contribution is 0.807. The van der Waals surface area contributed by atoms with E-state index < -0.39 is 11.9 Å². The van der Waals surface area contributed by atoms with Gasteiger partial charge < -0.3 is 0 Å². The van der Waals surface area contributed by atoms with E-state index in [4.69, 9.17) is 92.8 Å². The van der Waals surface area contributed by atoms with Crippen LogP contribution in [0.25, 0.3) is 0 Å². The number of nitrogens with zero attached hydrogens (tertiary/aromatic N) is 2. The molecule has 0 atom stereocenters. The van der Waals surface area contributed by atoms with Gasteiger partial charge in [-0.3, -0.25) is 5.10 Å². The number of aromatic amines is 1. The monoisotopic (exact) mass is 383 g/mol. The number of hydrogen-bond acceptors (Lipinski definition) is 2. The smallest absolute Gasteiger partial charge is 0.233 e. The molecule has 0 aromatic carbocycles. The normalized spacial score (nSPS) is 14.2. The number of rotatable bonds is 1. The van der Waals surface area contributed by atoms with Crippen LogP contribution < -0.4 is 0 Å². The molecule has 1 aromatic rings. The lowest BCUT2D eigenvalue weighted by Gasteiger charge is -2.26. The molecule has 1 N–H and O–H groups in total. The van der Waals surface area contributed by atoms with Gasteiger partial charge in [0.15, 0.2) is 0 Å². The molecule has 0 saturated carbocycles. The first kappa shape index (κ1) is 15.5. The number of halogens is 8. The molecular weight excluding hydrogens is 386 g/mol. The number of alkyl halides is 8. The molecule has 0 bridgehead atoms. The number of aromatic nitrogens is 3.